The number of carbonyl (C=O) groups excluding carboxylic acids is 5. The van der Waals surface area contributed by atoms with Gasteiger partial charge in [-0.15, -0.1) is 0 Å². The summed E-state index contributed by atoms with van der Waals surface area (Å²) >= 11 is 0. The second-order valence-electron chi connectivity index (χ2n) is 19.9. The minimum atomic E-state index is -4.16. The highest BCUT2D eigenvalue weighted by atomic mass is 32.2. The number of fused-ring (bicyclic) bond motifs is 1. The Morgan fingerprint density at radius 3 is 2.06 bits per heavy atom. The quantitative estimate of drug-likeness (QED) is 0.0363. The van der Waals surface area contributed by atoms with Crippen LogP contribution in [0.4, 0.5) is 0 Å². The average molecular weight is 984 g/mol. The summed E-state index contributed by atoms with van der Waals surface area (Å²) in [6, 6.07) is 4.69. The van der Waals surface area contributed by atoms with E-state index >= 15 is 0 Å². The summed E-state index contributed by atoms with van der Waals surface area (Å²) in [5.74, 6) is -3.20. The van der Waals surface area contributed by atoms with Crippen molar-refractivity contribution < 1.29 is 41.9 Å². The predicted octanol–water partition coefficient (Wildman–Crippen LogP) is 3.79. The molecule has 0 saturated heterocycles. The van der Waals surface area contributed by atoms with Gasteiger partial charge >= 0.3 is 0 Å². The van der Waals surface area contributed by atoms with Crippen LogP contribution in [0.2, 0.25) is 0 Å². The van der Waals surface area contributed by atoms with Gasteiger partial charge in [0.15, 0.2) is 0 Å². The number of unbranched alkanes of at least 4 members (excludes halogenated alkanes) is 5. The monoisotopic (exact) mass is 984 g/mol. The molecule has 0 fully saturated rings. The summed E-state index contributed by atoms with van der Waals surface area (Å²) in [6.07, 6.45) is 7.23. The molecule has 2 aromatic rings. The molecule has 0 bridgehead atoms. The molecule has 0 unspecified atom stereocenters. The Hall–Kier alpha value is -5.27. The first kappa shape index (κ1) is 58.0. The van der Waals surface area contributed by atoms with E-state index in [0.29, 0.717) is 29.8 Å². The van der Waals surface area contributed by atoms with Gasteiger partial charge in [0.1, 0.15) is 35.5 Å². The third-order valence-corrected chi connectivity index (χ3v) is 13.5. The summed E-state index contributed by atoms with van der Waals surface area (Å²) < 4.78 is 41.9. The number of hydrogen-bond acceptors (Lipinski definition) is 11. The third kappa shape index (κ3) is 18.5. The Morgan fingerprint density at radius 2 is 1.43 bits per heavy atom. The predicted molar refractivity (Wildman–Crippen MR) is 269 cm³/mol. The Balaban J connectivity index is 1.74. The van der Waals surface area contributed by atoms with E-state index in [0.717, 1.165) is 48.8 Å². The lowest BCUT2D eigenvalue weighted by molar-refractivity contribution is -0.137. The van der Waals surface area contributed by atoms with Crippen LogP contribution in [0.5, 0.6) is 5.75 Å². The van der Waals surface area contributed by atoms with Gasteiger partial charge in [-0.25, -0.2) is 13.1 Å². The summed E-state index contributed by atoms with van der Waals surface area (Å²) in [6.45, 7) is 19.9. The molecule has 0 spiro atoms. The fraction of sp³-hybridized carbons (Fsp3) is 0.640. The molecule has 3 rings (SSSR count). The molecule has 0 aromatic heterocycles. The number of rotatable bonds is 27. The second-order valence-corrected chi connectivity index (χ2v) is 21.5. The van der Waals surface area contributed by atoms with Crippen LogP contribution in [0.25, 0.3) is 0 Å². The van der Waals surface area contributed by atoms with Crippen molar-refractivity contribution in [2.45, 2.75) is 181 Å². The van der Waals surface area contributed by atoms with Crippen LogP contribution in [0.15, 0.2) is 40.2 Å². The number of nitrogens with one attached hydrogen (secondary N) is 6. The van der Waals surface area contributed by atoms with Crippen molar-refractivity contribution in [1.82, 2.24) is 31.3 Å². The van der Waals surface area contributed by atoms with E-state index in [1.54, 1.807) is 48.5 Å². The summed E-state index contributed by atoms with van der Waals surface area (Å²) in [7, 11) is -4.16. The van der Waals surface area contributed by atoms with Crippen LogP contribution < -0.4 is 47.5 Å². The van der Waals surface area contributed by atoms with Crippen molar-refractivity contribution in [3.05, 3.63) is 58.1 Å². The van der Waals surface area contributed by atoms with E-state index < -0.39 is 81.5 Å². The van der Waals surface area contributed by atoms with Gasteiger partial charge < -0.3 is 47.5 Å². The summed E-state index contributed by atoms with van der Waals surface area (Å²) in [5, 5.41) is 13.9. The van der Waals surface area contributed by atoms with Crippen molar-refractivity contribution in [3.63, 3.8) is 0 Å². The normalized spacial score (nSPS) is 15.2. The molecular formula is C50H81N9O9S. The largest absolute Gasteiger partial charge is 0.487 e. The Labute approximate surface area is 410 Å². The van der Waals surface area contributed by atoms with E-state index in [2.05, 4.69) is 43.2 Å². The van der Waals surface area contributed by atoms with E-state index in [-0.39, 0.29) is 49.2 Å². The molecule has 19 heteroatoms. The molecule has 386 valence electrons. The second kappa shape index (κ2) is 26.6. The maximum Gasteiger partial charge on any atom is 0.264 e. The standard InChI is InChI=1S/C50H81N9O9S/c1-12-13-14-15-16-20-25-53-44(61)38(27-35-22-18-17-19-23-35)56-46(63)39(30-67-49(7,8)9)57-47(64)41(31(2)3)58-45(62)37(55-40(60)29-51)24-21-26-54-48(52)59-69(65,66)43-33(5)32(4)42-36(34(43)6)28-50(10,11)68-42/h17-19,22-23,31,37-39,41H,12-16,20-21,24-30,51H2,1-11H3,(H,53,61)(H,55,60)(H,56,63)(H,57,64)(H,58,62)(H3,52,54,59)/t37-,38-,39-,41-/m0/s1. The van der Waals surface area contributed by atoms with Gasteiger partial charge in [-0.1, -0.05) is 83.2 Å². The van der Waals surface area contributed by atoms with E-state index in [4.69, 9.17) is 20.9 Å². The number of nitrogens with zero attached hydrogens (tertiary/aromatic N) is 1. The van der Waals surface area contributed by atoms with E-state index in [9.17, 15) is 32.4 Å². The van der Waals surface area contributed by atoms with Crippen LogP contribution in [0, 0.1) is 26.7 Å². The zero-order valence-corrected chi connectivity index (χ0v) is 43.7. The highest BCUT2D eigenvalue weighted by molar-refractivity contribution is 7.90. The number of guanidine groups is 1. The molecule has 10 N–H and O–H groups in total. The molecule has 0 radical (unpaired) electrons. The van der Waals surface area contributed by atoms with Gasteiger partial charge in [-0.2, -0.15) is 0 Å². The number of amides is 5. The number of ether oxygens (including phenoxy) is 2. The number of aliphatic imine (C=N–C) groups is 1. The molecular weight excluding hydrogens is 903 g/mol. The van der Waals surface area contributed by atoms with Gasteiger partial charge in [0.2, 0.25) is 35.5 Å². The third-order valence-electron chi connectivity index (χ3n) is 11.9. The van der Waals surface area contributed by atoms with Crippen molar-refractivity contribution in [2.24, 2.45) is 22.4 Å². The fourth-order valence-electron chi connectivity index (χ4n) is 8.02. The van der Waals surface area contributed by atoms with Crippen molar-refractivity contribution in [2.75, 3.05) is 26.2 Å². The lowest BCUT2D eigenvalue weighted by atomic mass is 9.94. The molecule has 5 amide bonds. The molecule has 4 atom stereocenters. The SMILES string of the molecule is CCCCCCCCNC(=O)[C@H](Cc1ccccc1)NC(=O)[C@H](COC(C)(C)C)NC(=O)[C@@H](NC(=O)[C@H](CCCN=C(N)NS(=O)(=O)c1c(C)c(C)c2c(c1C)CC(C)(C)O2)NC(=O)CN)C(C)C. The lowest BCUT2D eigenvalue weighted by Crippen LogP contribution is -2.61. The van der Waals surface area contributed by atoms with Crippen molar-refractivity contribution in [1.29, 1.82) is 0 Å². The van der Waals surface area contributed by atoms with Gasteiger partial charge in [0, 0.05) is 31.5 Å². The number of hydrogen-bond donors (Lipinski definition) is 8. The highest BCUT2D eigenvalue weighted by Crippen LogP contribution is 2.43. The zero-order chi connectivity index (χ0) is 51.7. The fourth-order valence-corrected chi connectivity index (χ4v) is 9.55. The molecule has 0 aliphatic carbocycles. The summed E-state index contributed by atoms with van der Waals surface area (Å²) in [4.78, 5) is 72.5. The number of benzene rings is 2. The molecule has 2 aromatic carbocycles. The van der Waals surface area contributed by atoms with E-state index in [1.165, 1.54) is 6.42 Å². The maximum absolute atomic E-state index is 14.1. The van der Waals surface area contributed by atoms with Crippen LogP contribution >= 0.6 is 0 Å². The van der Waals surface area contributed by atoms with Crippen LogP contribution in [-0.4, -0.2) is 106 Å². The van der Waals surface area contributed by atoms with Crippen molar-refractivity contribution >= 4 is 45.5 Å². The minimum absolute atomic E-state index is 0.0136. The molecule has 1 heterocycles. The molecule has 0 saturated carbocycles. The number of nitrogens with two attached hydrogens (primary N) is 2. The Kier molecular flexibility index (Phi) is 22.4. The highest BCUT2D eigenvalue weighted by Gasteiger charge is 2.37. The Morgan fingerprint density at radius 1 is 0.812 bits per heavy atom. The lowest BCUT2D eigenvalue weighted by Gasteiger charge is -2.29. The van der Waals surface area contributed by atoms with E-state index in [1.807, 2.05) is 51.1 Å². The van der Waals surface area contributed by atoms with Gasteiger partial charge in [0.25, 0.3) is 10.0 Å². The van der Waals surface area contributed by atoms with Crippen LogP contribution in [0.1, 0.15) is 135 Å². The Bertz CT molecular complexity index is 2210. The molecule has 18 nitrogen and oxygen atoms in total. The van der Waals surface area contributed by atoms with Crippen molar-refractivity contribution in [3.8, 4) is 5.75 Å². The van der Waals surface area contributed by atoms with Crippen LogP contribution in [0.3, 0.4) is 0 Å². The zero-order valence-electron chi connectivity index (χ0n) is 42.9. The first-order chi connectivity index (χ1) is 32.3. The smallest absolute Gasteiger partial charge is 0.264 e. The topological polar surface area (TPSA) is 275 Å². The minimum Gasteiger partial charge on any atom is -0.487 e. The van der Waals surface area contributed by atoms with Gasteiger partial charge in [-0.05, 0) is 103 Å². The molecule has 1 aliphatic rings. The molecule has 69 heavy (non-hydrogen) atoms. The average Bonchev–Trinajstić information content (AvgIpc) is 3.61. The molecule has 1 aliphatic heterocycles. The van der Waals surface area contributed by atoms with Crippen LogP contribution in [-0.2, 0) is 51.6 Å². The summed E-state index contributed by atoms with van der Waals surface area (Å²) in [5.41, 5.74) is 14.0. The number of carbonyl (C=O) groups is 5. The van der Waals surface area contributed by atoms with Gasteiger partial charge in [-0.3, -0.25) is 29.0 Å². The maximum atomic E-state index is 14.1. The first-order valence-corrected chi connectivity index (χ1v) is 25.8. The first-order valence-electron chi connectivity index (χ1n) is 24.3. The van der Waals surface area contributed by atoms with Gasteiger partial charge in [0.05, 0.1) is 23.6 Å². The number of sulfonamides is 1.